The minimum atomic E-state index is -0.0669. The summed E-state index contributed by atoms with van der Waals surface area (Å²) >= 11 is 2.90. The SMILES string of the molecule is Cc1sc2nc(SCC(=O)N3[C@H](C)CCC[C@H]3C)n(-c3ccccc3)c(=O)c2c1C. The maximum absolute atomic E-state index is 13.5. The smallest absolute Gasteiger partial charge is 0.267 e. The molecular formula is C23H27N3O2S2. The number of aromatic nitrogens is 2. The van der Waals surface area contributed by atoms with Crippen LogP contribution in [0, 0.1) is 13.8 Å². The highest BCUT2D eigenvalue weighted by molar-refractivity contribution is 7.99. The molecular weight excluding hydrogens is 414 g/mol. The van der Waals surface area contributed by atoms with Gasteiger partial charge in [0.25, 0.3) is 5.56 Å². The molecule has 5 nitrogen and oxygen atoms in total. The lowest BCUT2D eigenvalue weighted by atomic mass is 9.98. The average Bonchev–Trinajstić information content (AvgIpc) is 3.00. The van der Waals surface area contributed by atoms with Crippen molar-refractivity contribution in [3.8, 4) is 5.69 Å². The number of hydrogen-bond acceptors (Lipinski definition) is 5. The summed E-state index contributed by atoms with van der Waals surface area (Å²) in [5.41, 5.74) is 1.69. The molecule has 0 saturated carbocycles. The van der Waals surface area contributed by atoms with Crippen molar-refractivity contribution >= 4 is 39.2 Å². The molecule has 1 aliphatic rings. The molecule has 1 amide bonds. The van der Waals surface area contributed by atoms with Crippen molar-refractivity contribution in [3.05, 3.63) is 51.1 Å². The van der Waals surface area contributed by atoms with Crippen LogP contribution < -0.4 is 5.56 Å². The predicted molar refractivity (Wildman–Crippen MR) is 125 cm³/mol. The second-order valence-corrected chi connectivity index (χ2v) is 10.2. The fraction of sp³-hybridized carbons (Fsp3) is 0.435. The fourth-order valence-corrected chi connectivity index (χ4v) is 6.24. The first-order chi connectivity index (χ1) is 14.4. The maximum Gasteiger partial charge on any atom is 0.267 e. The predicted octanol–water partition coefficient (Wildman–Crippen LogP) is 4.95. The standard InChI is InChI=1S/C23H27N3O2S2/c1-14-9-8-10-15(2)25(14)19(27)13-29-23-24-21-20(16(3)17(4)30-21)22(28)26(23)18-11-6-5-7-12-18/h5-7,11-12,14-15H,8-10,13H2,1-4H3/t14-,15-/m1/s1. The number of rotatable bonds is 4. The normalized spacial score (nSPS) is 19.4. The van der Waals surface area contributed by atoms with Crippen LogP contribution in [0.3, 0.4) is 0 Å². The van der Waals surface area contributed by atoms with Crippen LogP contribution in [0.25, 0.3) is 15.9 Å². The Balaban J connectivity index is 1.73. The molecule has 30 heavy (non-hydrogen) atoms. The Labute approximate surface area is 185 Å². The van der Waals surface area contributed by atoms with Gasteiger partial charge in [0.05, 0.1) is 16.8 Å². The molecule has 158 valence electrons. The molecule has 0 unspecified atom stereocenters. The van der Waals surface area contributed by atoms with Gasteiger partial charge in [0.2, 0.25) is 5.91 Å². The number of nitrogens with zero attached hydrogens (tertiary/aromatic N) is 3. The van der Waals surface area contributed by atoms with E-state index in [1.165, 1.54) is 18.2 Å². The lowest BCUT2D eigenvalue weighted by Gasteiger charge is -2.39. The Morgan fingerprint density at radius 1 is 1.17 bits per heavy atom. The van der Waals surface area contributed by atoms with E-state index in [1.54, 1.807) is 15.9 Å². The summed E-state index contributed by atoms with van der Waals surface area (Å²) in [6.07, 6.45) is 3.27. The van der Waals surface area contributed by atoms with Crippen LogP contribution in [0.1, 0.15) is 43.6 Å². The zero-order valence-corrected chi connectivity index (χ0v) is 19.5. The first-order valence-corrected chi connectivity index (χ1v) is 12.2. The molecule has 1 aromatic carbocycles. The molecule has 0 N–H and O–H groups in total. The number of amides is 1. The van der Waals surface area contributed by atoms with Crippen molar-refractivity contribution in [1.29, 1.82) is 0 Å². The second kappa shape index (κ2) is 8.55. The van der Waals surface area contributed by atoms with Crippen molar-refractivity contribution in [3.63, 3.8) is 0 Å². The van der Waals surface area contributed by atoms with Crippen molar-refractivity contribution < 1.29 is 4.79 Å². The quantitative estimate of drug-likeness (QED) is 0.425. The van der Waals surface area contributed by atoms with E-state index in [0.717, 1.165) is 33.8 Å². The molecule has 4 rings (SSSR count). The number of aryl methyl sites for hydroxylation is 2. The van der Waals surface area contributed by atoms with E-state index >= 15 is 0 Å². The molecule has 0 bridgehead atoms. The number of benzene rings is 1. The van der Waals surface area contributed by atoms with E-state index < -0.39 is 0 Å². The lowest BCUT2D eigenvalue weighted by molar-refractivity contribution is -0.134. The van der Waals surface area contributed by atoms with Crippen LogP contribution in [0.15, 0.2) is 40.3 Å². The van der Waals surface area contributed by atoms with Gasteiger partial charge in [-0.05, 0) is 64.7 Å². The Bertz CT molecular complexity index is 1130. The van der Waals surface area contributed by atoms with E-state index in [4.69, 9.17) is 4.98 Å². The third-order valence-corrected chi connectivity index (χ3v) is 8.02. The number of fused-ring (bicyclic) bond motifs is 1. The zero-order valence-electron chi connectivity index (χ0n) is 17.8. The molecule has 2 aromatic heterocycles. The highest BCUT2D eigenvalue weighted by Gasteiger charge is 2.29. The molecule has 7 heteroatoms. The lowest BCUT2D eigenvalue weighted by Crippen LogP contribution is -2.48. The van der Waals surface area contributed by atoms with Crippen molar-refractivity contribution in [2.45, 2.75) is 64.2 Å². The summed E-state index contributed by atoms with van der Waals surface area (Å²) in [4.78, 5) is 35.2. The van der Waals surface area contributed by atoms with E-state index in [9.17, 15) is 9.59 Å². The Morgan fingerprint density at radius 2 is 1.83 bits per heavy atom. The van der Waals surface area contributed by atoms with E-state index in [2.05, 4.69) is 13.8 Å². The topological polar surface area (TPSA) is 55.2 Å². The third kappa shape index (κ3) is 3.81. The van der Waals surface area contributed by atoms with Crippen LogP contribution in [-0.2, 0) is 4.79 Å². The molecule has 1 aliphatic heterocycles. The molecule has 0 aliphatic carbocycles. The number of thiophene rings is 1. The molecule has 0 radical (unpaired) electrons. The Kier molecular flexibility index (Phi) is 6.02. The van der Waals surface area contributed by atoms with Crippen molar-refractivity contribution in [2.24, 2.45) is 0 Å². The number of carbonyl (C=O) groups excluding carboxylic acids is 1. The van der Waals surface area contributed by atoms with Gasteiger partial charge in [-0.1, -0.05) is 30.0 Å². The molecule has 1 saturated heterocycles. The van der Waals surface area contributed by atoms with Gasteiger partial charge in [0.15, 0.2) is 5.16 Å². The Hall–Kier alpha value is -2.12. The highest BCUT2D eigenvalue weighted by atomic mass is 32.2. The van der Waals surface area contributed by atoms with Crippen LogP contribution in [0.5, 0.6) is 0 Å². The maximum atomic E-state index is 13.5. The van der Waals surface area contributed by atoms with E-state index in [0.29, 0.717) is 10.5 Å². The summed E-state index contributed by atoms with van der Waals surface area (Å²) in [6, 6.07) is 10.1. The van der Waals surface area contributed by atoms with Crippen molar-refractivity contribution in [1.82, 2.24) is 14.5 Å². The fourth-order valence-electron chi connectivity index (χ4n) is 4.29. The summed E-state index contributed by atoms with van der Waals surface area (Å²) in [5.74, 6) is 0.398. The van der Waals surface area contributed by atoms with Crippen LogP contribution in [0.2, 0.25) is 0 Å². The van der Waals surface area contributed by atoms with E-state index in [-0.39, 0.29) is 29.3 Å². The highest BCUT2D eigenvalue weighted by Crippen LogP contribution is 2.30. The van der Waals surface area contributed by atoms with Crippen molar-refractivity contribution in [2.75, 3.05) is 5.75 Å². The summed E-state index contributed by atoms with van der Waals surface area (Å²) in [6.45, 7) is 8.24. The molecule has 3 aromatic rings. The minimum Gasteiger partial charge on any atom is -0.337 e. The average molecular weight is 442 g/mol. The van der Waals surface area contributed by atoms with Gasteiger partial charge in [0, 0.05) is 17.0 Å². The van der Waals surface area contributed by atoms with Gasteiger partial charge < -0.3 is 4.90 Å². The van der Waals surface area contributed by atoms with Gasteiger partial charge >= 0.3 is 0 Å². The van der Waals surface area contributed by atoms with E-state index in [1.807, 2.05) is 49.1 Å². The van der Waals surface area contributed by atoms with Crippen LogP contribution in [0.4, 0.5) is 0 Å². The van der Waals surface area contributed by atoms with Crippen LogP contribution >= 0.6 is 23.1 Å². The molecule has 3 heterocycles. The number of piperidine rings is 1. The van der Waals surface area contributed by atoms with Gasteiger partial charge in [-0.3, -0.25) is 14.2 Å². The Morgan fingerprint density at radius 3 is 2.50 bits per heavy atom. The summed E-state index contributed by atoms with van der Waals surface area (Å²) in [5, 5.41) is 1.25. The molecule has 0 spiro atoms. The number of likely N-dealkylation sites (tertiary alicyclic amines) is 1. The summed E-state index contributed by atoms with van der Waals surface area (Å²) < 4.78 is 1.66. The number of carbonyl (C=O) groups is 1. The molecule has 2 atom stereocenters. The van der Waals surface area contributed by atoms with Gasteiger partial charge in [-0.25, -0.2) is 4.98 Å². The summed E-state index contributed by atoms with van der Waals surface area (Å²) in [7, 11) is 0. The number of thioether (sulfide) groups is 1. The van der Waals surface area contributed by atoms with Gasteiger partial charge in [-0.2, -0.15) is 0 Å². The molecule has 1 fully saturated rings. The largest absolute Gasteiger partial charge is 0.337 e. The number of hydrogen-bond donors (Lipinski definition) is 0. The second-order valence-electron chi connectivity index (χ2n) is 8.05. The number of para-hydroxylation sites is 1. The first-order valence-electron chi connectivity index (χ1n) is 10.4. The third-order valence-electron chi connectivity index (χ3n) is 5.99. The first kappa shape index (κ1) is 21.1. The van der Waals surface area contributed by atoms with Gasteiger partial charge in [0.1, 0.15) is 4.83 Å². The van der Waals surface area contributed by atoms with Gasteiger partial charge in [-0.15, -0.1) is 11.3 Å². The zero-order chi connectivity index (χ0) is 21.4. The minimum absolute atomic E-state index is 0.0669. The monoisotopic (exact) mass is 441 g/mol. The van der Waals surface area contributed by atoms with Crippen LogP contribution in [-0.4, -0.2) is 38.2 Å².